The van der Waals surface area contributed by atoms with Crippen molar-refractivity contribution >= 4 is 28.8 Å². The molecule has 1 heterocycles. The third-order valence-electron chi connectivity index (χ3n) is 2.79. The number of rotatable bonds is 4. The van der Waals surface area contributed by atoms with Gasteiger partial charge in [0.1, 0.15) is 0 Å². The quantitative estimate of drug-likeness (QED) is 0.851. The number of amides is 1. The molecule has 0 aliphatic heterocycles. The van der Waals surface area contributed by atoms with Crippen LogP contribution in [0.2, 0.25) is 5.02 Å². The maximum absolute atomic E-state index is 11.9. The highest BCUT2D eigenvalue weighted by atomic mass is 35.5. The van der Waals surface area contributed by atoms with Crippen LogP contribution in [0.5, 0.6) is 0 Å². The Labute approximate surface area is 133 Å². The highest BCUT2D eigenvalue weighted by Crippen LogP contribution is 2.15. The van der Waals surface area contributed by atoms with E-state index in [9.17, 15) is 4.79 Å². The highest BCUT2D eigenvalue weighted by molar-refractivity contribution is 7.10. The van der Waals surface area contributed by atoms with Crippen molar-refractivity contribution in [1.82, 2.24) is 5.32 Å². The van der Waals surface area contributed by atoms with Crippen LogP contribution in [0.3, 0.4) is 0 Å². The van der Waals surface area contributed by atoms with Crippen LogP contribution in [0.25, 0.3) is 0 Å². The standard InChI is InChI=1S/C16H15ClN2OS/c17-14-5-3-12(4-6-14)10-16(20)19-11-15-13(2-1-8-18)7-9-21-15/h3-7,9H,8,10-11,18H2,(H,19,20). The first-order valence-electron chi connectivity index (χ1n) is 6.45. The minimum absolute atomic E-state index is 0.0246. The Balaban J connectivity index is 1.89. The van der Waals surface area contributed by atoms with E-state index in [0.717, 1.165) is 16.0 Å². The van der Waals surface area contributed by atoms with E-state index in [2.05, 4.69) is 17.2 Å². The van der Waals surface area contributed by atoms with Gasteiger partial charge in [-0.1, -0.05) is 35.6 Å². The van der Waals surface area contributed by atoms with Crippen LogP contribution in [0.15, 0.2) is 35.7 Å². The number of halogens is 1. The lowest BCUT2D eigenvalue weighted by molar-refractivity contribution is -0.120. The zero-order valence-electron chi connectivity index (χ0n) is 11.4. The Morgan fingerprint density at radius 2 is 2.05 bits per heavy atom. The molecule has 1 amide bonds. The minimum atomic E-state index is -0.0246. The fourth-order valence-corrected chi connectivity index (χ4v) is 2.66. The van der Waals surface area contributed by atoms with Crippen LogP contribution >= 0.6 is 22.9 Å². The fraction of sp³-hybridized carbons (Fsp3) is 0.188. The molecule has 108 valence electrons. The van der Waals surface area contributed by atoms with Crippen LogP contribution < -0.4 is 11.1 Å². The van der Waals surface area contributed by atoms with E-state index in [4.69, 9.17) is 17.3 Å². The Hall–Kier alpha value is -1.80. The average molecular weight is 319 g/mol. The molecule has 2 rings (SSSR count). The number of hydrogen-bond donors (Lipinski definition) is 2. The van der Waals surface area contributed by atoms with Gasteiger partial charge in [-0.25, -0.2) is 0 Å². The second-order valence-electron chi connectivity index (χ2n) is 4.34. The molecule has 21 heavy (non-hydrogen) atoms. The summed E-state index contributed by atoms with van der Waals surface area (Å²) in [6, 6.07) is 9.21. The number of nitrogens with one attached hydrogen (secondary N) is 1. The number of thiophene rings is 1. The molecular formula is C16H15ClN2OS. The van der Waals surface area contributed by atoms with Crippen LogP contribution in [-0.4, -0.2) is 12.5 Å². The van der Waals surface area contributed by atoms with Crippen LogP contribution in [-0.2, 0) is 17.8 Å². The monoisotopic (exact) mass is 318 g/mol. The van der Waals surface area contributed by atoms with Gasteiger partial charge in [0.2, 0.25) is 5.91 Å². The van der Waals surface area contributed by atoms with E-state index < -0.39 is 0 Å². The lowest BCUT2D eigenvalue weighted by Crippen LogP contribution is -2.24. The van der Waals surface area contributed by atoms with Gasteiger partial charge >= 0.3 is 0 Å². The van der Waals surface area contributed by atoms with Gasteiger partial charge in [0.25, 0.3) is 0 Å². The molecule has 0 saturated carbocycles. The first-order valence-corrected chi connectivity index (χ1v) is 7.71. The summed E-state index contributed by atoms with van der Waals surface area (Å²) < 4.78 is 0. The second-order valence-corrected chi connectivity index (χ2v) is 5.78. The minimum Gasteiger partial charge on any atom is -0.351 e. The summed E-state index contributed by atoms with van der Waals surface area (Å²) in [6.07, 6.45) is 0.340. The maximum atomic E-state index is 11.9. The lowest BCUT2D eigenvalue weighted by Gasteiger charge is -2.05. The number of nitrogens with two attached hydrogens (primary N) is 1. The van der Waals surface area contributed by atoms with Crippen molar-refractivity contribution in [3.05, 3.63) is 56.7 Å². The van der Waals surface area contributed by atoms with E-state index in [-0.39, 0.29) is 5.91 Å². The Kier molecular flexibility index (Phi) is 5.82. The molecule has 2 aromatic rings. The van der Waals surface area contributed by atoms with Gasteiger partial charge in [0, 0.05) is 15.5 Å². The Morgan fingerprint density at radius 3 is 2.76 bits per heavy atom. The molecule has 0 atom stereocenters. The van der Waals surface area contributed by atoms with Crippen LogP contribution in [0, 0.1) is 11.8 Å². The molecule has 1 aromatic carbocycles. The molecule has 5 heteroatoms. The van der Waals surface area contributed by atoms with E-state index >= 15 is 0 Å². The Morgan fingerprint density at radius 1 is 1.29 bits per heavy atom. The molecule has 0 spiro atoms. The van der Waals surface area contributed by atoms with E-state index in [1.807, 2.05) is 23.6 Å². The summed E-state index contributed by atoms with van der Waals surface area (Å²) in [4.78, 5) is 13.0. The van der Waals surface area contributed by atoms with Crippen molar-refractivity contribution in [2.45, 2.75) is 13.0 Å². The number of carbonyl (C=O) groups excluding carboxylic acids is 1. The first kappa shape index (κ1) is 15.6. The van der Waals surface area contributed by atoms with Gasteiger partial charge in [-0.05, 0) is 29.1 Å². The van der Waals surface area contributed by atoms with E-state index in [0.29, 0.717) is 24.5 Å². The van der Waals surface area contributed by atoms with Gasteiger partial charge in [-0.3, -0.25) is 4.79 Å². The third kappa shape index (κ3) is 4.91. The largest absolute Gasteiger partial charge is 0.351 e. The maximum Gasteiger partial charge on any atom is 0.224 e. The second kappa shape index (κ2) is 7.84. The molecule has 1 aromatic heterocycles. The first-order chi connectivity index (χ1) is 10.2. The van der Waals surface area contributed by atoms with E-state index in [1.54, 1.807) is 23.5 Å². The van der Waals surface area contributed by atoms with Crippen molar-refractivity contribution in [3.63, 3.8) is 0 Å². The molecule has 0 radical (unpaired) electrons. The molecule has 0 aliphatic rings. The molecule has 3 N–H and O–H groups in total. The highest BCUT2D eigenvalue weighted by Gasteiger charge is 2.06. The summed E-state index contributed by atoms with van der Waals surface area (Å²) >= 11 is 7.39. The number of benzene rings is 1. The van der Waals surface area contributed by atoms with Crippen molar-refractivity contribution < 1.29 is 4.79 Å². The lowest BCUT2D eigenvalue weighted by atomic mass is 10.1. The fourth-order valence-electron chi connectivity index (χ4n) is 1.76. The molecule has 0 aliphatic carbocycles. The van der Waals surface area contributed by atoms with Crippen LogP contribution in [0.1, 0.15) is 16.0 Å². The predicted molar refractivity (Wildman–Crippen MR) is 87.3 cm³/mol. The topological polar surface area (TPSA) is 55.1 Å². The molecular weight excluding hydrogens is 304 g/mol. The van der Waals surface area contributed by atoms with E-state index in [1.165, 1.54) is 0 Å². The summed E-state index contributed by atoms with van der Waals surface area (Å²) in [5.74, 6) is 5.80. The normalized spacial score (nSPS) is 9.81. The van der Waals surface area contributed by atoms with Gasteiger partial charge in [0.05, 0.1) is 19.5 Å². The van der Waals surface area contributed by atoms with Gasteiger partial charge in [-0.15, -0.1) is 11.3 Å². The van der Waals surface area contributed by atoms with Gasteiger partial charge in [-0.2, -0.15) is 0 Å². The van der Waals surface area contributed by atoms with Crippen molar-refractivity contribution in [2.24, 2.45) is 5.73 Å². The third-order valence-corrected chi connectivity index (χ3v) is 3.97. The smallest absolute Gasteiger partial charge is 0.224 e. The predicted octanol–water partition coefficient (Wildman–Crippen LogP) is 2.57. The average Bonchev–Trinajstić information content (AvgIpc) is 2.93. The molecule has 0 fully saturated rings. The molecule has 0 saturated heterocycles. The summed E-state index contributed by atoms with van der Waals surface area (Å²) in [7, 11) is 0. The SMILES string of the molecule is NCC#Cc1ccsc1CNC(=O)Cc1ccc(Cl)cc1. The summed E-state index contributed by atoms with van der Waals surface area (Å²) in [6.45, 7) is 0.816. The molecule has 3 nitrogen and oxygen atoms in total. The number of carbonyl (C=O) groups is 1. The van der Waals surface area contributed by atoms with Crippen LogP contribution in [0.4, 0.5) is 0 Å². The van der Waals surface area contributed by atoms with Gasteiger partial charge < -0.3 is 11.1 Å². The van der Waals surface area contributed by atoms with Gasteiger partial charge in [0.15, 0.2) is 0 Å². The summed E-state index contributed by atoms with van der Waals surface area (Å²) in [5, 5.41) is 5.53. The van der Waals surface area contributed by atoms with Crippen molar-refractivity contribution in [2.75, 3.05) is 6.54 Å². The van der Waals surface area contributed by atoms with Crippen molar-refractivity contribution in [1.29, 1.82) is 0 Å². The summed E-state index contributed by atoms with van der Waals surface area (Å²) in [5.41, 5.74) is 7.23. The molecule has 0 bridgehead atoms. The zero-order valence-corrected chi connectivity index (χ0v) is 12.9. The Bertz CT molecular complexity index is 668. The molecule has 0 unspecified atom stereocenters. The van der Waals surface area contributed by atoms with Crippen molar-refractivity contribution in [3.8, 4) is 11.8 Å². The zero-order chi connectivity index (χ0) is 15.1. The number of hydrogen-bond acceptors (Lipinski definition) is 3.